The third-order valence-electron chi connectivity index (χ3n) is 1.82. The number of hydrogen-bond donors (Lipinski definition) is 1. The summed E-state index contributed by atoms with van der Waals surface area (Å²) in [6.07, 6.45) is 4.80. The largest absolute Gasteiger partial charge is 0.386 e. The molecule has 72 valence electrons. The van der Waals surface area contributed by atoms with E-state index in [9.17, 15) is 5.11 Å². The van der Waals surface area contributed by atoms with E-state index < -0.39 is 6.10 Å². The Labute approximate surface area is 85.3 Å². The van der Waals surface area contributed by atoms with Crippen molar-refractivity contribution in [1.29, 1.82) is 0 Å². The first-order chi connectivity index (χ1) is 6.86. The van der Waals surface area contributed by atoms with Gasteiger partial charge in [-0.2, -0.15) is 0 Å². The third kappa shape index (κ3) is 2.12. The van der Waals surface area contributed by atoms with Crippen molar-refractivity contribution in [2.75, 3.05) is 0 Å². The van der Waals surface area contributed by atoms with Crippen molar-refractivity contribution in [2.24, 2.45) is 0 Å². The van der Waals surface area contributed by atoms with Crippen LogP contribution in [0.5, 0.6) is 0 Å². The van der Waals surface area contributed by atoms with Crippen molar-refractivity contribution < 1.29 is 5.11 Å². The summed E-state index contributed by atoms with van der Waals surface area (Å²) in [4.78, 5) is 12.8. The van der Waals surface area contributed by atoms with E-state index in [1.54, 1.807) is 24.0 Å². The second-order valence-corrected chi connectivity index (χ2v) is 3.79. The molecule has 0 fully saturated rings. The van der Waals surface area contributed by atoms with E-state index >= 15 is 0 Å². The Morgan fingerprint density at radius 3 is 3.00 bits per heavy atom. The maximum Gasteiger partial charge on any atom is 0.115 e. The molecule has 0 aliphatic heterocycles. The van der Waals surface area contributed by atoms with Gasteiger partial charge >= 0.3 is 0 Å². The van der Waals surface area contributed by atoms with Gasteiger partial charge < -0.3 is 5.11 Å². The Hall–Kier alpha value is -1.33. The maximum atomic E-state index is 9.78. The second-order valence-electron chi connectivity index (χ2n) is 2.82. The van der Waals surface area contributed by atoms with Crippen molar-refractivity contribution in [3.05, 3.63) is 40.9 Å². The summed E-state index contributed by atoms with van der Waals surface area (Å²) >= 11 is 1.53. The molecule has 2 heterocycles. The Kier molecular flexibility index (Phi) is 2.81. The molecule has 0 bridgehead atoms. The van der Waals surface area contributed by atoms with Crippen LogP contribution in [0.25, 0.3) is 0 Å². The molecule has 2 rings (SSSR count). The van der Waals surface area contributed by atoms with E-state index in [0.29, 0.717) is 12.1 Å². The molecular weight excluding hydrogens is 198 g/mol. The molecule has 0 aliphatic rings. The lowest BCUT2D eigenvalue weighted by molar-refractivity contribution is 0.174. The molecule has 0 spiro atoms. The Morgan fingerprint density at radius 1 is 1.43 bits per heavy atom. The summed E-state index contributed by atoms with van der Waals surface area (Å²) < 4.78 is 0. The summed E-state index contributed by atoms with van der Waals surface area (Å²) in [6, 6.07) is 1.71. The number of hydrogen-bond acceptors (Lipinski definition) is 5. The second kappa shape index (κ2) is 4.26. The van der Waals surface area contributed by atoms with Crippen LogP contribution in [0.15, 0.2) is 30.3 Å². The van der Waals surface area contributed by atoms with Crippen LogP contribution < -0.4 is 0 Å². The summed E-state index contributed by atoms with van der Waals surface area (Å²) in [5.41, 5.74) is 2.40. The molecule has 14 heavy (non-hydrogen) atoms. The number of nitrogens with zero attached hydrogens (tertiary/aromatic N) is 3. The smallest absolute Gasteiger partial charge is 0.115 e. The first-order valence-corrected chi connectivity index (χ1v) is 5.05. The van der Waals surface area contributed by atoms with Crippen LogP contribution >= 0.6 is 11.3 Å². The quantitative estimate of drug-likeness (QED) is 0.821. The van der Waals surface area contributed by atoms with Gasteiger partial charge in [0, 0.05) is 23.7 Å². The van der Waals surface area contributed by atoms with E-state index in [1.165, 1.54) is 17.7 Å². The highest BCUT2D eigenvalue weighted by Crippen LogP contribution is 2.17. The average Bonchev–Trinajstić information content (AvgIpc) is 2.72. The lowest BCUT2D eigenvalue weighted by Crippen LogP contribution is -2.02. The molecule has 0 aromatic carbocycles. The van der Waals surface area contributed by atoms with Gasteiger partial charge in [-0.1, -0.05) is 0 Å². The highest BCUT2D eigenvalue weighted by molar-refractivity contribution is 7.09. The Morgan fingerprint density at radius 2 is 2.36 bits per heavy atom. The summed E-state index contributed by atoms with van der Waals surface area (Å²) in [6.45, 7) is 0. The molecule has 2 aromatic rings. The Balaban J connectivity index is 2.07. The number of thiazole rings is 1. The first kappa shape index (κ1) is 9.23. The predicted molar refractivity (Wildman–Crippen MR) is 52.8 cm³/mol. The van der Waals surface area contributed by atoms with Gasteiger partial charge in [-0.05, 0) is 6.07 Å². The van der Waals surface area contributed by atoms with E-state index in [4.69, 9.17) is 0 Å². The highest BCUT2D eigenvalue weighted by Gasteiger charge is 2.10. The molecule has 1 atom stereocenters. The fourth-order valence-electron chi connectivity index (χ4n) is 1.14. The van der Waals surface area contributed by atoms with Gasteiger partial charge in [0.2, 0.25) is 0 Å². The molecule has 4 nitrogen and oxygen atoms in total. The SMILES string of the molecule is OC(Cc1cncs1)c1ccncn1. The van der Waals surface area contributed by atoms with Gasteiger partial charge in [0.15, 0.2) is 0 Å². The van der Waals surface area contributed by atoms with Gasteiger partial charge in [-0.25, -0.2) is 9.97 Å². The molecule has 1 N–H and O–H groups in total. The molecule has 5 heteroatoms. The summed E-state index contributed by atoms with van der Waals surface area (Å²) in [5.74, 6) is 0. The van der Waals surface area contributed by atoms with Gasteiger partial charge in [0.1, 0.15) is 12.4 Å². The van der Waals surface area contributed by atoms with Gasteiger partial charge in [-0.3, -0.25) is 4.98 Å². The average molecular weight is 207 g/mol. The van der Waals surface area contributed by atoms with Gasteiger partial charge in [0.05, 0.1) is 11.2 Å². The zero-order valence-electron chi connectivity index (χ0n) is 7.37. The van der Waals surface area contributed by atoms with Crippen LogP contribution in [0.4, 0.5) is 0 Å². The van der Waals surface area contributed by atoms with Crippen molar-refractivity contribution in [2.45, 2.75) is 12.5 Å². The van der Waals surface area contributed by atoms with Crippen molar-refractivity contribution >= 4 is 11.3 Å². The van der Waals surface area contributed by atoms with Crippen LogP contribution in [0.1, 0.15) is 16.7 Å². The number of aliphatic hydroxyl groups excluding tert-OH is 1. The van der Waals surface area contributed by atoms with Gasteiger partial charge in [-0.15, -0.1) is 11.3 Å². The Bertz CT molecular complexity index is 376. The molecule has 2 aromatic heterocycles. The molecule has 0 saturated carbocycles. The van der Waals surface area contributed by atoms with Gasteiger partial charge in [0.25, 0.3) is 0 Å². The van der Waals surface area contributed by atoms with Crippen molar-refractivity contribution in [3.8, 4) is 0 Å². The maximum absolute atomic E-state index is 9.78. The fourth-order valence-corrected chi connectivity index (χ4v) is 1.77. The van der Waals surface area contributed by atoms with E-state index in [-0.39, 0.29) is 0 Å². The molecule has 0 amide bonds. The highest BCUT2D eigenvalue weighted by atomic mass is 32.1. The predicted octanol–water partition coefficient (Wildman–Crippen LogP) is 1.21. The lowest BCUT2D eigenvalue weighted by Gasteiger charge is -2.06. The monoisotopic (exact) mass is 207 g/mol. The minimum absolute atomic E-state index is 0.557. The number of aromatic nitrogens is 3. The third-order valence-corrected chi connectivity index (χ3v) is 2.63. The first-order valence-electron chi connectivity index (χ1n) is 4.17. The number of rotatable bonds is 3. The minimum Gasteiger partial charge on any atom is -0.386 e. The normalized spacial score (nSPS) is 12.6. The number of aliphatic hydroxyl groups is 1. The van der Waals surface area contributed by atoms with E-state index in [1.807, 2.05) is 0 Å². The van der Waals surface area contributed by atoms with Crippen LogP contribution in [0, 0.1) is 0 Å². The van der Waals surface area contributed by atoms with E-state index in [2.05, 4.69) is 15.0 Å². The lowest BCUT2D eigenvalue weighted by atomic mass is 10.2. The van der Waals surface area contributed by atoms with Crippen LogP contribution in [-0.2, 0) is 6.42 Å². The molecular formula is C9H9N3OS. The zero-order valence-corrected chi connectivity index (χ0v) is 8.18. The minimum atomic E-state index is -0.571. The van der Waals surface area contributed by atoms with Crippen molar-refractivity contribution in [3.63, 3.8) is 0 Å². The fraction of sp³-hybridized carbons (Fsp3) is 0.222. The zero-order chi connectivity index (χ0) is 9.80. The molecule has 0 aliphatic carbocycles. The molecule has 1 unspecified atom stereocenters. The molecule has 0 saturated heterocycles. The standard InChI is InChI=1S/C9H9N3OS/c13-9(3-7-4-11-6-14-7)8-1-2-10-5-12-8/h1-2,4-6,9,13H,3H2. The van der Waals surface area contributed by atoms with Crippen LogP contribution in [0.2, 0.25) is 0 Å². The van der Waals surface area contributed by atoms with Crippen molar-refractivity contribution in [1.82, 2.24) is 15.0 Å². The summed E-state index contributed by atoms with van der Waals surface area (Å²) in [5, 5.41) is 9.78. The van der Waals surface area contributed by atoms with Crippen LogP contribution in [0.3, 0.4) is 0 Å². The summed E-state index contributed by atoms with van der Waals surface area (Å²) in [7, 11) is 0. The topological polar surface area (TPSA) is 58.9 Å². The van der Waals surface area contributed by atoms with E-state index in [0.717, 1.165) is 4.88 Å². The molecule has 0 radical (unpaired) electrons. The van der Waals surface area contributed by atoms with Crippen LogP contribution in [-0.4, -0.2) is 20.1 Å².